The summed E-state index contributed by atoms with van der Waals surface area (Å²) in [4.78, 5) is 6.97. The van der Waals surface area contributed by atoms with Gasteiger partial charge in [0.2, 0.25) is 0 Å². The number of fused-ring (bicyclic) bond motifs is 26. The van der Waals surface area contributed by atoms with Crippen molar-refractivity contribution in [3.8, 4) is 33.4 Å². The lowest BCUT2D eigenvalue weighted by Crippen LogP contribution is -2.11. The zero-order valence-corrected chi connectivity index (χ0v) is 76.1. The summed E-state index contributed by atoms with van der Waals surface area (Å²) in [5.41, 5.74) is 26.9. The number of para-hydroxylation sites is 7. The number of rotatable bonds is 12. The highest BCUT2D eigenvalue weighted by molar-refractivity contribution is 6.21. The predicted octanol–water partition coefficient (Wildman–Crippen LogP) is 38.8. The van der Waals surface area contributed by atoms with Crippen molar-refractivity contribution < 1.29 is 26.5 Å². The van der Waals surface area contributed by atoms with Crippen LogP contribution < -0.4 is 14.7 Å². The fraction of sp³-hybridized carbons (Fsp3) is 0. The van der Waals surface area contributed by atoms with Gasteiger partial charge in [-0.2, -0.15) is 0 Å². The summed E-state index contributed by atoms with van der Waals surface area (Å²) in [6, 6.07) is 174. The standard InChI is InChI=1S/3C44H27NO2/c1-2-10-35-28(8-1)9-7-13-36(35)31-17-16-30-25-32(19-18-29(30)24-31)45(33-20-22-39-37-11-3-5-14-41(37)46-43(39)26-33)34-21-23-40-38-12-4-6-15-42(38)47-44(40)27-34;1-2-11-28(12-3-1)29-21-23-32-30(25-29)26-40(34-14-5-4-13-33(32)34)45(31-22-24-37-35-15-6-8-19-41(35)46-43(37)27-31)39-18-10-17-38-36-16-7-9-20-42(36)47-44(38)39;1-2-10-28(11-3-1)29-18-21-33-30(24-29)25-40(35-13-5-4-12-34(33)35)45(31-19-22-38-36-14-6-8-16-41(36)46-43(38)26-31)32-20-23-39-37-15-7-9-17-42(37)47-44(39)27-32/h3*1-27H. The van der Waals surface area contributed by atoms with Crippen LogP contribution in [0.1, 0.15) is 0 Å². The smallest absolute Gasteiger partial charge is 0.159 e. The van der Waals surface area contributed by atoms with Gasteiger partial charge in [-0.1, -0.05) is 315 Å². The van der Waals surface area contributed by atoms with Crippen LogP contribution in [-0.2, 0) is 0 Å². The Kier molecular flexibility index (Phi) is 18.8. The van der Waals surface area contributed by atoms with Gasteiger partial charge in [-0.3, -0.25) is 0 Å². The summed E-state index contributed by atoms with van der Waals surface area (Å²) >= 11 is 0. The van der Waals surface area contributed by atoms with E-state index in [1.165, 1.54) is 92.6 Å². The first-order chi connectivity index (χ1) is 69.8. The van der Waals surface area contributed by atoms with Crippen LogP contribution in [0.25, 0.3) is 230 Å². The van der Waals surface area contributed by atoms with E-state index in [-0.39, 0.29) is 0 Å². The Balaban J connectivity index is 0.000000104. The molecule has 0 unspecified atom stereocenters. The number of nitrogens with zero attached hydrogens (tertiary/aromatic N) is 3. The van der Waals surface area contributed by atoms with Crippen molar-refractivity contribution in [2.45, 2.75) is 0 Å². The average molecular weight is 1810 g/mol. The largest absolute Gasteiger partial charge is 0.456 e. The fourth-order valence-electron chi connectivity index (χ4n) is 21.7. The molecule has 9 heteroatoms. The summed E-state index contributed by atoms with van der Waals surface area (Å²) in [5.74, 6) is 0. The van der Waals surface area contributed by atoms with E-state index in [9.17, 15) is 0 Å². The molecule has 6 heterocycles. The molecular formula is C132H81N3O6. The molecule has 24 aromatic carbocycles. The second-order valence-corrected chi connectivity index (χ2v) is 36.4. The quantitative estimate of drug-likeness (QED) is 0.111. The molecule has 0 fully saturated rings. The normalized spacial score (nSPS) is 11.8. The van der Waals surface area contributed by atoms with Crippen molar-refractivity contribution in [1.29, 1.82) is 0 Å². The molecule has 141 heavy (non-hydrogen) atoms. The van der Waals surface area contributed by atoms with Crippen molar-refractivity contribution in [3.63, 3.8) is 0 Å². The van der Waals surface area contributed by atoms with Crippen LogP contribution in [0.2, 0.25) is 0 Å². The molecule has 30 rings (SSSR count). The third-order valence-corrected chi connectivity index (χ3v) is 28.3. The summed E-state index contributed by atoms with van der Waals surface area (Å²) in [5, 5.41) is 27.7. The average Bonchev–Trinajstić information content (AvgIpc) is 1.70. The molecule has 0 spiro atoms. The Hall–Kier alpha value is -19.0. The zero-order valence-electron chi connectivity index (χ0n) is 76.1. The van der Waals surface area contributed by atoms with Crippen LogP contribution in [0.3, 0.4) is 0 Å². The monoisotopic (exact) mass is 1800 g/mol. The summed E-state index contributed by atoms with van der Waals surface area (Å²) < 4.78 is 38.6. The van der Waals surface area contributed by atoms with E-state index < -0.39 is 0 Å². The second kappa shape index (κ2) is 33.0. The van der Waals surface area contributed by atoms with Gasteiger partial charge in [0.1, 0.15) is 61.4 Å². The van der Waals surface area contributed by atoms with Crippen LogP contribution in [-0.4, -0.2) is 0 Å². The molecule has 9 nitrogen and oxygen atoms in total. The lowest BCUT2D eigenvalue weighted by molar-refractivity contribution is 0.667. The van der Waals surface area contributed by atoms with Crippen molar-refractivity contribution in [3.05, 3.63) is 491 Å². The second-order valence-electron chi connectivity index (χ2n) is 36.4. The van der Waals surface area contributed by atoms with Gasteiger partial charge in [-0.15, -0.1) is 0 Å². The molecule has 0 aliphatic carbocycles. The summed E-state index contributed by atoms with van der Waals surface area (Å²) in [6.45, 7) is 0. The van der Waals surface area contributed by atoms with Crippen molar-refractivity contribution in [1.82, 2.24) is 0 Å². The molecule has 30 aromatic rings. The Labute approximate surface area is 807 Å². The highest BCUT2D eigenvalue weighted by Gasteiger charge is 2.27. The van der Waals surface area contributed by atoms with Crippen molar-refractivity contribution >= 4 is 247 Å². The van der Waals surface area contributed by atoms with Gasteiger partial charge in [0.15, 0.2) is 5.58 Å². The first-order valence-corrected chi connectivity index (χ1v) is 47.8. The molecule has 0 saturated heterocycles. The Bertz CT molecular complexity index is 10100. The first-order valence-electron chi connectivity index (χ1n) is 47.8. The Morgan fingerprint density at radius 1 is 0.121 bits per heavy atom. The number of benzene rings is 24. The van der Waals surface area contributed by atoms with Gasteiger partial charge >= 0.3 is 0 Å². The molecule has 0 aliphatic rings. The van der Waals surface area contributed by atoms with E-state index in [1.54, 1.807) is 0 Å². The minimum atomic E-state index is 0.848. The summed E-state index contributed by atoms with van der Waals surface area (Å²) in [7, 11) is 0. The molecule has 0 atom stereocenters. The molecule has 6 aromatic heterocycles. The van der Waals surface area contributed by atoms with E-state index in [0.717, 1.165) is 188 Å². The van der Waals surface area contributed by atoms with E-state index in [4.69, 9.17) is 26.5 Å². The SMILES string of the molecule is c1ccc(-c2ccc3c(c2)cc(N(c2ccc4c(c2)oc2ccccc24)c2ccc4c(c2)oc2ccccc24)c2ccccc23)cc1.c1ccc(-c2ccc3c(c2)cc(N(c2ccc4c(c2)oc2ccccc24)c2cccc4c2oc2ccccc24)c2ccccc23)cc1.c1ccc2c(-c3ccc4cc(N(c5ccc6c(c5)oc5ccccc56)c5ccc6c(c5)oc5ccccc56)ccc4c3)cccc2c1. The maximum Gasteiger partial charge on any atom is 0.159 e. The third kappa shape index (κ3) is 13.8. The summed E-state index contributed by atoms with van der Waals surface area (Å²) in [6.07, 6.45) is 0. The number of hydrogen-bond acceptors (Lipinski definition) is 9. The van der Waals surface area contributed by atoms with Crippen molar-refractivity contribution in [2.75, 3.05) is 14.7 Å². The number of furan rings is 6. The lowest BCUT2D eigenvalue weighted by atomic mass is 9.95. The number of hydrogen-bond donors (Lipinski definition) is 0. The minimum Gasteiger partial charge on any atom is -0.456 e. The molecule has 0 N–H and O–H groups in total. The van der Waals surface area contributed by atoms with Gasteiger partial charge in [0.05, 0.1) is 22.7 Å². The maximum absolute atomic E-state index is 6.65. The van der Waals surface area contributed by atoms with E-state index in [1.807, 2.05) is 72.8 Å². The van der Waals surface area contributed by atoms with Crippen LogP contribution in [0.5, 0.6) is 0 Å². The zero-order chi connectivity index (χ0) is 92.7. The van der Waals surface area contributed by atoms with Crippen LogP contribution >= 0.6 is 0 Å². The molecular weight excluding hydrogens is 1720 g/mol. The van der Waals surface area contributed by atoms with E-state index in [0.29, 0.717) is 0 Å². The van der Waals surface area contributed by atoms with Crippen molar-refractivity contribution in [2.24, 2.45) is 0 Å². The first kappa shape index (κ1) is 80.5. The van der Waals surface area contributed by atoms with E-state index in [2.05, 4.69) is 433 Å². The minimum absolute atomic E-state index is 0.848. The van der Waals surface area contributed by atoms with E-state index >= 15 is 0 Å². The topological polar surface area (TPSA) is 88.6 Å². The Morgan fingerprint density at radius 3 is 0.858 bits per heavy atom. The molecule has 660 valence electrons. The lowest BCUT2D eigenvalue weighted by Gasteiger charge is -2.27. The fourth-order valence-corrected chi connectivity index (χ4v) is 21.7. The molecule has 0 saturated carbocycles. The third-order valence-electron chi connectivity index (χ3n) is 28.3. The maximum atomic E-state index is 6.65. The molecule has 0 radical (unpaired) electrons. The molecule has 0 amide bonds. The van der Waals surface area contributed by atoms with Gasteiger partial charge < -0.3 is 41.2 Å². The molecule has 0 bridgehead atoms. The van der Waals surface area contributed by atoms with Gasteiger partial charge in [-0.25, -0.2) is 0 Å². The van der Waals surface area contributed by atoms with Gasteiger partial charge in [0, 0.05) is 134 Å². The van der Waals surface area contributed by atoms with Gasteiger partial charge in [0.25, 0.3) is 0 Å². The predicted molar refractivity (Wildman–Crippen MR) is 588 cm³/mol. The highest BCUT2D eigenvalue weighted by Crippen LogP contribution is 2.52. The molecule has 0 aliphatic heterocycles. The highest BCUT2D eigenvalue weighted by atomic mass is 16.3. The van der Waals surface area contributed by atoms with Crippen LogP contribution in [0.4, 0.5) is 51.2 Å². The number of anilines is 9. The van der Waals surface area contributed by atoms with Crippen LogP contribution in [0.15, 0.2) is 518 Å². The Morgan fingerprint density at radius 2 is 0.411 bits per heavy atom. The van der Waals surface area contributed by atoms with Crippen LogP contribution in [0, 0.1) is 0 Å². The van der Waals surface area contributed by atoms with Gasteiger partial charge in [-0.05, 0) is 233 Å².